The van der Waals surface area contributed by atoms with Gasteiger partial charge in [0.15, 0.2) is 18.0 Å². The number of aromatic nitrogens is 3. The van der Waals surface area contributed by atoms with Crippen molar-refractivity contribution >= 4 is 28.5 Å². The molecular weight excluding hydrogens is 350 g/mol. The lowest BCUT2D eigenvalue weighted by atomic mass is 9.96. The number of rotatable bonds is 4. The third kappa shape index (κ3) is 2.64. The Morgan fingerprint density at radius 2 is 2.27 bits per heavy atom. The predicted octanol–water partition coefficient (Wildman–Crippen LogP) is -0.506. The second-order valence-electron chi connectivity index (χ2n) is 6.10. The highest BCUT2D eigenvalue weighted by Crippen LogP contribution is 2.43. The Balaban J connectivity index is 2.16. The molecule has 1 fully saturated rings. The maximum absolute atomic E-state index is 11.4. The zero-order valence-corrected chi connectivity index (χ0v) is 13.9. The van der Waals surface area contributed by atoms with Crippen LogP contribution in [0.15, 0.2) is 12.5 Å². The van der Waals surface area contributed by atoms with Crippen LogP contribution in [-0.2, 0) is 14.3 Å². The normalized spacial score (nSPS) is 28.4. The largest absolute Gasteiger partial charge is 0.456 e. The molecule has 0 saturated carbocycles. The van der Waals surface area contributed by atoms with Gasteiger partial charge in [0.25, 0.3) is 5.69 Å². The van der Waals surface area contributed by atoms with Crippen molar-refractivity contribution in [3.8, 4) is 0 Å². The highest BCUT2D eigenvalue weighted by molar-refractivity contribution is 5.95. The Morgan fingerprint density at radius 3 is 2.85 bits per heavy atom. The van der Waals surface area contributed by atoms with Gasteiger partial charge in [-0.2, -0.15) is 0 Å². The fourth-order valence-corrected chi connectivity index (χ4v) is 3.16. The molecule has 0 spiro atoms. The number of hydrogen-bond acceptors (Lipinski definition) is 10. The van der Waals surface area contributed by atoms with Crippen molar-refractivity contribution in [1.82, 2.24) is 14.5 Å². The van der Waals surface area contributed by atoms with Crippen molar-refractivity contribution in [2.45, 2.75) is 37.9 Å². The molecule has 26 heavy (non-hydrogen) atoms. The highest BCUT2D eigenvalue weighted by Gasteiger charge is 2.56. The fraction of sp³-hybridized carbons (Fsp3) is 0.500. The first-order valence-corrected chi connectivity index (χ1v) is 7.59. The third-order valence-corrected chi connectivity index (χ3v) is 4.26. The number of ether oxygens (including phenoxy) is 2. The van der Waals surface area contributed by atoms with Gasteiger partial charge in [0.2, 0.25) is 0 Å². The summed E-state index contributed by atoms with van der Waals surface area (Å²) >= 11 is 0. The van der Waals surface area contributed by atoms with Crippen LogP contribution < -0.4 is 5.73 Å². The lowest BCUT2D eigenvalue weighted by molar-refractivity contribution is -0.383. The number of esters is 1. The minimum absolute atomic E-state index is 0.00613. The standard InChI is InChI=1S/C14H17N5O7/c1-6(21)25-10-8(4-20)26-13(14(10,2)22)18-3-7(19(23)24)9-11(15)16-5-17-12(9)18/h3,5,8,10,13,20,22H,4H2,1-2H3,(H2,15,16,17). The van der Waals surface area contributed by atoms with Crippen molar-refractivity contribution in [3.63, 3.8) is 0 Å². The minimum Gasteiger partial charge on any atom is -0.456 e. The number of hydrogen-bond donors (Lipinski definition) is 3. The van der Waals surface area contributed by atoms with E-state index < -0.39 is 41.5 Å². The SMILES string of the molecule is CC(=O)OC1C(CO)OC(n2cc([N+](=O)[O-])c3c(N)ncnc32)C1(C)O. The molecule has 4 N–H and O–H groups in total. The van der Waals surface area contributed by atoms with Crippen LogP contribution in [0, 0.1) is 10.1 Å². The molecule has 0 radical (unpaired) electrons. The van der Waals surface area contributed by atoms with E-state index in [-0.39, 0.29) is 22.5 Å². The molecule has 12 nitrogen and oxygen atoms in total. The first-order valence-electron chi connectivity index (χ1n) is 7.59. The Labute approximate surface area is 146 Å². The highest BCUT2D eigenvalue weighted by atomic mass is 16.6. The molecule has 3 heterocycles. The summed E-state index contributed by atoms with van der Waals surface area (Å²) in [4.78, 5) is 29.8. The number of nitro groups is 1. The van der Waals surface area contributed by atoms with Crippen molar-refractivity contribution in [1.29, 1.82) is 0 Å². The van der Waals surface area contributed by atoms with E-state index in [0.29, 0.717) is 0 Å². The van der Waals surface area contributed by atoms with Crippen molar-refractivity contribution < 1.29 is 29.4 Å². The molecule has 140 valence electrons. The van der Waals surface area contributed by atoms with E-state index in [1.165, 1.54) is 11.5 Å². The van der Waals surface area contributed by atoms with Crippen LogP contribution in [0.5, 0.6) is 0 Å². The summed E-state index contributed by atoms with van der Waals surface area (Å²) in [7, 11) is 0. The van der Waals surface area contributed by atoms with E-state index in [0.717, 1.165) is 19.4 Å². The molecule has 0 bridgehead atoms. The van der Waals surface area contributed by atoms with Gasteiger partial charge in [-0.15, -0.1) is 0 Å². The molecule has 3 rings (SSSR count). The van der Waals surface area contributed by atoms with Crippen molar-refractivity contribution in [2.24, 2.45) is 0 Å². The molecule has 2 aromatic heterocycles. The van der Waals surface area contributed by atoms with E-state index >= 15 is 0 Å². The summed E-state index contributed by atoms with van der Waals surface area (Å²) in [6, 6.07) is 0. The average Bonchev–Trinajstić information content (AvgIpc) is 3.05. The molecule has 12 heteroatoms. The maximum atomic E-state index is 11.4. The van der Waals surface area contributed by atoms with Crippen LogP contribution in [0.25, 0.3) is 11.0 Å². The number of aliphatic hydroxyl groups excluding tert-OH is 1. The Hall–Kier alpha value is -2.83. The van der Waals surface area contributed by atoms with E-state index in [9.17, 15) is 25.1 Å². The first kappa shape index (κ1) is 18.0. The van der Waals surface area contributed by atoms with Gasteiger partial charge in [-0.05, 0) is 6.92 Å². The van der Waals surface area contributed by atoms with Gasteiger partial charge in [0.1, 0.15) is 29.2 Å². The number of anilines is 1. The van der Waals surface area contributed by atoms with E-state index in [2.05, 4.69) is 9.97 Å². The van der Waals surface area contributed by atoms with Gasteiger partial charge < -0.3 is 25.4 Å². The topological polar surface area (TPSA) is 176 Å². The molecule has 2 aromatic rings. The number of carbonyl (C=O) groups excluding carboxylic acids is 1. The van der Waals surface area contributed by atoms with Gasteiger partial charge in [-0.25, -0.2) is 9.97 Å². The minimum atomic E-state index is -1.81. The van der Waals surface area contributed by atoms with Gasteiger partial charge in [0, 0.05) is 6.92 Å². The monoisotopic (exact) mass is 367 g/mol. The molecule has 1 saturated heterocycles. The second-order valence-corrected chi connectivity index (χ2v) is 6.10. The molecular formula is C14H17N5O7. The van der Waals surface area contributed by atoms with Gasteiger partial charge in [-0.3, -0.25) is 19.5 Å². The summed E-state index contributed by atoms with van der Waals surface area (Å²) in [6.07, 6.45) is -1.22. The summed E-state index contributed by atoms with van der Waals surface area (Å²) in [5, 5.41) is 31.8. The number of carbonyl (C=O) groups is 1. The molecule has 0 aliphatic carbocycles. The first-order chi connectivity index (χ1) is 12.2. The van der Waals surface area contributed by atoms with E-state index in [1.807, 2.05) is 0 Å². The molecule has 1 aliphatic rings. The Bertz CT molecular complexity index is 880. The molecule has 0 amide bonds. The zero-order chi connectivity index (χ0) is 19.2. The summed E-state index contributed by atoms with van der Waals surface area (Å²) in [5.41, 5.74) is 3.63. The number of aliphatic hydroxyl groups is 2. The lowest BCUT2D eigenvalue weighted by Crippen LogP contribution is -2.46. The van der Waals surface area contributed by atoms with Crippen LogP contribution in [0.3, 0.4) is 0 Å². The second kappa shape index (κ2) is 6.16. The fourth-order valence-electron chi connectivity index (χ4n) is 3.16. The number of nitrogen functional groups attached to an aromatic ring is 1. The molecule has 4 atom stereocenters. The summed E-state index contributed by atoms with van der Waals surface area (Å²) < 4.78 is 11.9. The summed E-state index contributed by atoms with van der Waals surface area (Å²) in [5.74, 6) is -0.777. The maximum Gasteiger partial charge on any atom is 0.303 e. The summed E-state index contributed by atoms with van der Waals surface area (Å²) in [6.45, 7) is 1.95. The van der Waals surface area contributed by atoms with Crippen LogP contribution in [0.2, 0.25) is 0 Å². The zero-order valence-electron chi connectivity index (χ0n) is 13.9. The predicted molar refractivity (Wildman–Crippen MR) is 85.8 cm³/mol. The number of nitrogens with two attached hydrogens (primary N) is 1. The Morgan fingerprint density at radius 1 is 1.58 bits per heavy atom. The quantitative estimate of drug-likeness (QED) is 0.362. The third-order valence-electron chi connectivity index (χ3n) is 4.26. The van der Waals surface area contributed by atoms with E-state index in [4.69, 9.17) is 15.2 Å². The Kier molecular flexibility index (Phi) is 4.26. The van der Waals surface area contributed by atoms with Gasteiger partial charge >= 0.3 is 5.97 Å². The van der Waals surface area contributed by atoms with Crippen LogP contribution in [-0.4, -0.2) is 60.1 Å². The average molecular weight is 367 g/mol. The number of fused-ring (bicyclic) bond motifs is 1. The smallest absolute Gasteiger partial charge is 0.303 e. The van der Waals surface area contributed by atoms with Crippen molar-refractivity contribution in [2.75, 3.05) is 12.3 Å². The molecule has 4 unspecified atom stereocenters. The number of nitrogens with zero attached hydrogens (tertiary/aromatic N) is 4. The van der Waals surface area contributed by atoms with Crippen LogP contribution in [0.4, 0.5) is 11.5 Å². The van der Waals surface area contributed by atoms with Gasteiger partial charge in [0.05, 0.1) is 17.7 Å². The van der Waals surface area contributed by atoms with Gasteiger partial charge in [-0.1, -0.05) is 0 Å². The van der Waals surface area contributed by atoms with Crippen LogP contribution >= 0.6 is 0 Å². The molecule has 0 aromatic carbocycles. The lowest BCUT2D eigenvalue weighted by Gasteiger charge is -2.29. The van der Waals surface area contributed by atoms with Crippen LogP contribution in [0.1, 0.15) is 20.1 Å². The molecule has 1 aliphatic heterocycles. The van der Waals surface area contributed by atoms with E-state index in [1.54, 1.807) is 0 Å². The van der Waals surface area contributed by atoms with Crippen molar-refractivity contribution in [3.05, 3.63) is 22.6 Å².